The Bertz CT molecular complexity index is 914. The van der Waals surface area contributed by atoms with Crippen LogP contribution in [0.1, 0.15) is 51.8 Å². The van der Waals surface area contributed by atoms with Gasteiger partial charge < -0.3 is 10.4 Å². The number of carbonyl (C=O) groups is 2. The van der Waals surface area contributed by atoms with E-state index >= 15 is 0 Å². The first-order chi connectivity index (χ1) is 13.0. The molecular formula is C20H27N5O3. The lowest BCUT2D eigenvalue weighted by Crippen LogP contribution is -2.52. The SMILES string of the molecule is C[C@@H]1C(O)C(C#N)C[C@]2(C)c3nn(C)c(N4C(=O)NC(C)(C)C4=O)c3CC[C@@H]12. The minimum Gasteiger partial charge on any atom is -0.391 e. The van der Waals surface area contributed by atoms with Crippen molar-refractivity contribution in [1.82, 2.24) is 15.1 Å². The summed E-state index contributed by atoms with van der Waals surface area (Å²) >= 11 is 0. The van der Waals surface area contributed by atoms with E-state index in [1.165, 1.54) is 4.90 Å². The zero-order valence-corrected chi connectivity index (χ0v) is 17.0. The standard InChI is InChI=1S/C20H27N5O3/c1-10-13-7-6-12-15(20(13,4)8-11(9-21)14(10)26)23-24(5)16(12)25-17(27)19(2,3)22-18(25)28/h10-11,13-14,26H,6-8H2,1-5H3,(H,22,28)/t10-,11?,13-,14?,20-/m0/s1. The van der Waals surface area contributed by atoms with E-state index in [0.717, 1.165) is 17.7 Å². The maximum atomic E-state index is 12.9. The van der Waals surface area contributed by atoms with E-state index in [4.69, 9.17) is 5.10 Å². The minimum absolute atomic E-state index is 0.0161. The van der Waals surface area contributed by atoms with E-state index in [-0.39, 0.29) is 23.2 Å². The molecule has 8 heteroatoms. The number of rotatable bonds is 1. The number of nitrogens with one attached hydrogen (secondary N) is 1. The van der Waals surface area contributed by atoms with Crippen molar-refractivity contribution in [3.05, 3.63) is 11.3 Å². The fraction of sp³-hybridized carbons (Fsp3) is 0.700. The predicted molar refractivity (Wildman–Crippen MR) is 101 cm³/mol. The fourth-order valence-corrected chi connectivity index (χ4v) is 5.66. The van der Waals surface area contributed by atoms with Gasteiger partial charge in [-0.1, -0.05) is 13.8 Å². The number of carbonyl (C=O) groups excluding carboxylic acids is 2. The Kier molecular flexibility index (Phi) is 3.92. The molecule has 0 aromatic carbocycles. The predicted octanol–water partition coefficient (Wildman–Crippen LogP) is 1.62. The number of aliphatic hydroxyl groups is 1. The second-order valence-electron chi connectivity index (χ2n) is 9.32. The minimum atomic E-state index is -0.954. The molecule has 8 nitrogen and oxygen atoms in total. The van der Waals surface area contributed by atoms with Crippen LogP contribution in [-0.4, -0.2) is 38.5 Å². The number of imide groups is 1. The van der Waals surface area contributed by atoms with Gasteiger partial charge in [0, 0.05) is 18.0 Å². The molecule has 1 aromatic heterocycles. The van der Waals surface area contributed by atoms with Crippen LogP contribution in [0.5, 0.6) is 0 Å². The van der Waals surface area contributed by atoms with Crippen molar-refractivity contribution in [2.24, 2.45) is 24.8 Å². The molecule has 1 aliphatic heterocycles. The molecule has 0 bridgehead atoms. The molecular weight excluding hydrogens is 358 g/mol. The van der Waals surface area contributed by atoms with Gasteiger partial charge in [0.05, 0.1) is 23.8 Å². The van der Waals surface area contributed by atoms with E-state index in [9.17, 15) is 20.0 Å². The molecule has 2 N–H and O–H groups in total. The van der Waals surface area contributed by atoms with Gasteiger partial charge in [-0.3, -0.25) is 9.48 Å². The van der Waals surface area contributed by atoms with E-state index in [1.807, 2.05) is 6.92 Å². The highest BCUT2D eigenvalue weighted by atomic mass is 16.3. The molecule has 2 aliphatic carbocycles. The van der Waals surface area contributed by atoms with Crippen LogP contribution in [0.2, 0.25) is 0 Å². The van der Waals surface area contributed by atoms with Gasteiger partial charge in [-0.2, -0.15) is 10.4 Å². The first kappa shape index (κ1) is 18.9. The average molecular weight is 385 g/mol. The number of hydrogen-bond acceptors (Lipinski definition) is 5. The van der Waals surface area contributed by atoms with Crippen LogP contribution >= 0.6 is 0 Å². The Morgan fingerprint density at radius 2 is 2.00 bits per heavy atom. The lowest BCUT2D eigenvalue weighted by molar-refractivity contribution is -0.121. The van der Waals surface area contributed by atoms with Crippen molar-refractivity contribution >= 4 is 17.8 Å². The van der Waals surface area contributed by atoms with Crippen LogP contribution in [0, 0.1) is 29.1 Å². The molecule has 4 rings (SSSR count). The van der Waals surface area contributed by atoms with Crippen LogP contribution in [0.25, 0.3) is 0 Å². The monoisotopic (exact) mass is 385 g/mol. The topological polar surface area (TPSA) is 111 Å². The summed E-state index contributed by atoms with van der Waals surface area (Å²) in [4.78, 5) is 26.6. The van der Waals surface area contributed by atoms with E-state index in [2.05, 4.69) is 18.3 Å². The molecule has 3 amide bonds. The molecule has 2 unspecified atom stereocenters. The maximum absolute atomic E-state index is 12.9. The average Bonchev–Trinajstić information content (AvgIpc) is 3.05. The maximum Gasteiger partial charge on any atom is 0.330 e. The molecule has 1 saturated carbocycles. The van der Waals surface area contributed by atoms with Gasteiger partial charge >= 0.3 is 6.03 Å². The van der Waals surface area contributed by atoms with Crippen molar-refractivity contribution < 1.29 is 14.7 Å². The zero-order valence-electron chi connectivity index (χ0n) is 17.0. The van der Waals surface area contributed by atoms with Crippen LogP contribution < -0.4 is 10.2 Å². The number of fused-ring (bicyclic) bond motifs is 3. The highest BCUT2D eigenvalue weighted by Crippen LogP contribution is 2.54. The summed E-state index contributed by atoms with van der Waals surface area (Å²) in [5.74, 6) is -0.0456. The van der Waals surface area contributed by atoms with E-state index in [1.54, 1.807) is 25.6 Å². The molecule has 2 fully saturated rings. The Morgan fingerprint density at radius 3 is 2.57 bits per heavy atom. The molecule has 1 saturated heterocycles. The van der Waals surface area contributed by atoms with E-state index in [0.29, 0.717) is 18.7 Å². The largest absolute Gasteiger partial charge is 0.391 e. The summed E-state index contributed by atoms with van der Waals surface area (Å²) in [6.45, 7) is 7.49. The molecule has 0 spiro atoms. The highest BCUT2D eigenvalue weighted by Gasteiger charge is 2.55. The Balaban J connectivity index is 1.83. The summed E-state index contributed by atoms with van der Waals surface area (Å²) in [6, 6.07) is 1.83. The lowest BCUT2D eigenvalue weighted by atomic mass is 9.54. The van der Waals surface area contributed by atoms with Gasteiger partial charge in [0.25, 0.3) is 5.91 Å². The van der Waals surface area contributed by atoms with Gasteiger partial charge in [-0.15, -0.1) is 0 Å². The summed E-state index contributed by atoms with van der Waals surface area (Å²) in [5, 5.41) is 27.6. The lowest BCUT2D eigenvalue weighted by Gasteiger charge is -2.50. The van der Waals surface area contributed by atoms with Crippen LogP contribution in [0.4, 0.5) is 10.6 Å². The quantitative estimate of drug-likeness (QED) is 0.714. The molecule has 5 atom stereocenters. The molecule has 3 aliphatic rings. The summed E-state index contributed by atoms with van der Waals surface area (Å²) in [7, 11) is 1.75. The van der Waals surface area contributed by atoms with Crippen molar-refractivity contribution in [1.29, 1.82) is 5.26 Å². The van der Waals surface area contributed by atoms with Crippen LogP contribution in [-0.2, 0) is 23.7 Å². The molecule has 1 aromatic rings. The number of aliphatic hydroxyl groups excluding tert-OH is 1. The number of aromatic nitrogens is 2. The Labute approximate surface area is 164 Å². The van der Waals surface area contributed by atoms with Crippen molar-refractivity contribution in [3.63, 3.8) is 0 Å². The Morgan fingerprint density at radius 1 is 1.32 bits per heavy atom. The summed E-state index contributed by atoms with van der Waals surface area (Å²) in [5.41, 5.74) is 0.426. The summed E-state index contributed by atoms with van der Waals surface area (Å²) < 4.78 is 1.62. The molecule has 0 radical (unpaired) electrons. The zero-order chi connectivity index (χ0) is 20.6. The van der Waals surface area contributed by atoms with Crippen molar-refractivity contribution in [3.8, 4) is 6.07 Å². The Hall–Kier alpha value is -2.40. The van der Waals surface area contributed by atoms with Gasteiger partial charge in [0.15, 0.2) is 0 Å². The number of nitriles is 1. The third-order valence-corrected chi connectivity index (χ3v) is 7.14. The summed E-state index contributed by atoms with van der Waals surface area (Å²) in [6.07, 6.45) is 1.39. The highest BCUT2D eigenvalue weighted by molar-refractivity contribution is 6.23. The normalized spacial score (nSPS) is 36.5. The second-order valence-corrected chi connectivity index (χ2v) is 9.32. The van der Waals surface area contributed by atoms with Gasteiger partial charge in [-0.25, -0.2) is 9.69 Å². The smallest absolute Gasteiger partial charge is 0.330 e. The molecule has 2 heterocycles. The van der Waals surface area contributed by atoms with E-state index < -0.39 is 23.6 Å². The van der Waals surface area contributed by atoms with Crippen LogP contribution in [0.3, 0.4) is 0 Å². The van der Waals surface area contributed by atoms with Gasteiger partial charge in [-0.05, 0) is 44.9 Å². The van der Waals surface area contributed by atoms with Crippen LogP contribution in [0.15, 0.2) is 0 Å². The first-order valence-corrected chi connectivity index (χ1v) is 9.83. The number of urea groups is 1. The first-order valence-electron chi connectivity index (χ1n) is 9.83. The third-order valence-electron chi connectivity index (χ3n) is 7.14. The third kappa shape index (κ3) is 2.29. The van der Waals surface area contributed by atoms with Crippen molar-refractivity contribution in [2.45, 2.75) is 64.0 Å². The number of anilines is 1. The van der Waals surface area contributed by atoms with Gasteiger partial charge in [0.1, 0.15) is 11.4 Å². The number of aryl methyl sites for hydroxylation is 1. The second kappa shape index (κ2) is 5.80. The number of nitrogens with zero attached hydrogens (tertiary/aromatic N) is 4. The van der Waals surface area contributed by atoms with Gasteiger partial charge in [0.2, 0.25) is 0 Å². The fourth-order valence-electron chi connectivity index (χ4n) is 5.66. The number of amides is 3. The molecule has 150 valence electrons. The van der Waals surface area contributed by atoms with Crippen molar-refractivity contribution in [2.75, 3.05) is 4.90 Å². The molecule has 28 heavy (non-hydrogen) atoms. The number of hydrogen-bond donors (Lipinski definition) is 2.